The van der Waals surface area contributed by atoms with Crippen molar-refractivity contribution in [1.29, 1.82) is 0 Å². The van der Waals surface area contributed by atoms with Crippen LogP contribution in [0.3, 0.4) is 0 Å². The normalized spacial score (nSPS) is 8.84. The SMILES string of the molecule is C=C(C)C(=O)[N-]c1ccccn1.C=C(C)C(=O)[N-]c1ccccn1.C=C(C)C(=O)[N-]c1ccccn1.[Cr+3]. The van der Waals surface area contributed by atoms with Crippen LogP contribution in [0.25, 0.3) is 16.0 Å². The summed E-state index contributed by atoms with van der Waals surface area (Å²) in [7, 11) is 0. The Morgan fingerprint density at radius 2 is 0.784 bits per heavy atom. The number of rotatable bonds is 6. The summed E-state index contributed by atoms with van der Waals surface area (Å²) in [5.74, 6) is 0.289. The summed E-state index contributed by atoms with van der Waals surface area (Å²) >= 11 is 0. The van der Waals surface area contributed by atoms with Crippen LogP contribution in [-0.2, 0) is 31.7 Å². The fourth-order valence-corrected chi connectivity index (χ4v) is 1.86. The van der Waals surface area contributed by atoms with Crippen LogP contribution >= 0.6 is 0 Å². The van der Waals surface area contributed by atoms with E-state index in [1.807, 2.05) is 0 Å². The van der Waals surface area contributed by atoms with Crippen LogP contribution in [0, 0.1) is 0 Å². The molecule has 0 saturated carbocycles. The summed E-state index contributed by atoms with van der Waals surface area (Å²) in [6.45, 7) is 15.3. The van der Waals surface area contributed by atoms with Gasteiger partial charge in [-0.25, -0.2) is 0 Å². The fourth-order valence-electron chi connectivity index (χ4n) is 1.86. The molecule has 0 unspecified atom stereocenters. The Morgan fingerprint density at radius 3 is 0.946 bits per heavy atom. The van der Waals surface area contributed by atoms with Gasteiger partial charge in [0.1, 0.15) is 0 Å². The molecule has 37 heavy (non-hydrogen) atoms. The molecule has 0 spiro atoms. The monoisotopic (exact) mass is 535 g/mol. The Hall–Kier alpha value is -4.39. The largest absolute Gasteiger partial charge is 3.00 e. The van der Waals surface area contributed by atoms with Gasteiger partial charge in [0.05, 0.1) is 0 Å². The van der Waals surface area contributed by atoms with Crippen LogP contribution in [0.1, 0.15) is 20.8 Å². The summed E-state index contributed by atoms with van der Waals surface area (Å²) in [5.41, 5.74) is 1.25. The zero-order valence-corrected chi connectivity index (χ0v) is 22.1. The maximum absolute atomic E-state index is 11.0. The molecular formula is C27H27CrN6O3. The van der Waals surface area contributed by atoms with Gasteiger partial charge >= 0.3 is 17.4 Å². The minimum atomic E-state index is -0.325. The molecule has 10 heteroatoms. The summed E-state index contributed by atoms with van der Waals surface area (Å²) in [4.78, 5) is 44.6. The third-order valence-corrected chi connectivity index (χ3v) is 3.69. The van der Waals surface area contributed by atoms with Gasteiger partial charge in [-0.3, -0.25) is 14.4 Å². The van der Waals surface area contributed by atoms with E-state index in [1.54, 1.807) is 94.0 Å². The zero-order valence-electron chi connectivity index (χ0n) is 20.9. The Morgan fingerprint density at radius 1 is 0.541 bits per heavy atom. The van der Waals surface area contributed by atoms with Gasteiger partial charge < -0.3 is 30.9 Å². The molecule has 3 aromatic rings. The number of amides is 3. The standard InChI is InChI=1S/3C9H10N2O.Cr/c3*1-7(2)9(12)11-8-5-3-4-6-10-8;/h3*3-6H,1H2,2H3,(H,10,11,12);/q;;;+3/p-3. The predicted octanol–water partition coefficient (Wildman–Crippen LogP) is 6.57. The average Bonchev–Trinajstić information content (AvgIpc) is 2.86. The Bertz CT molecular complexity index is 1040. The minimum Gasteiger partial charge on any atom is -0.443 e. The molecule has 0 aromatic carbocycles. The molecule has 189 valence electrons. The second-order valence-corrected chi connectivity index (χ2v) is 7.16. The first-order valence-electron chi connectivity index (χ1n) is 10.6. The number of carbonyl (C=O) groups is 3. The molecule has 3 heterocycles. The van der Waals surface area contributed by atoms with Gasteiger partial charge in [0.25, 0.3) is 0 Å². The molecule has 3 rings (SSSR count). The fraction of sp³-hybridized carbons (Fsp3) is 0.111. The molecule has 0 saturated heterocycles. The van der Waals surface area contributed by atoms with Crippen molar-refractivity contribution in [1.82, 2.24) is 15.0 Å². The molecule has 0 bridgehead atoms. The summed E-state index contributed by atoms with van der Waals surface area (Å²) in [6.07, 6.45) is 4.76. The van der Waals surface area contributed by atoms with Crippen LogP contribution < -0.4 is 0 Å². The van der Waals surface area contributed by atoms with Crippen molar-refractivity contribution in [2.45, 2.75) is 20.8 Å². The van der Waals surface area contributed by atoms with Crippen molar-refractivity contribution in [3.63, 3.8) is 0 Å². The van der Waals surface area contributed by atoms with E-state index < -0.39 is 0 Å². The average molecular weight is 536 g/mol. The van der Waals surface area contributed by atoms with Crippen LogP contribution in [0.4, 0.5) is 17.5 Å². The van der Waals surface area contributed by atoms with Crippen molar-refractivity contribution in [3.8, 4) is 0 Å². The van der Waals surface area contributed by atoms with Crippen molar-refractivity contribution in [3.05, 3.63) is 126 Å². The summed E-state index contributed by atoms with van der Waals surface area (Å²) < 4.78 is 0. The molecule has 0 fully saturated rings. The van der Waals surface area contributed by atoms with Gasteiger partial charge in [-0.15, -0.1) is 0 Å². The van der Waals surface area contributed by atoms with E-state index in [1.165, 1.54) is 0 Å². The van der Waals surface area contributed by atoms with E-state index in [4.69, 9.17) is 0 Å². The number of nitrogens with zero attached hydrogens (tertiary/aromatic N) is 6. The molecule has 0 aliphatic carbocycles. The van der Waals surface area contributed by atoms with Gasteiger partial charge in [-0.1, -0.05) is 110 Å². The second kappa shape index (κ2) is 18.0. The van der Waals surface area contributed by atoms with Gasteiger partial charge in [0, 0.05) is 0 Å². The molecule has 9 nitrogen and oxygen atoms in total. The van der Waals surface area contributed by atoms with E-state index in [0.717, 1.165) is 0 Å². The second-order valence-electron chi connectivity index (χ2n) is 7.16. The van der Waals surface area contributed by atoms with Gasteiger partial charge in [0.2, 0.25) is 0 Å². The van der Waals surface area contributed by atoms with Crippen LogP contribution in [0.2, 0.25) is 0 Å². The van der Waals surface area contributed by atoms with Crippen LogP contribution in [0.5, 0.6) is 0 Å². The van der Waals surface area contributed by atoms with Gasteiger partial charge in [0.15, 0.2) is 17.7 Å². The van der Waals surface area contributed by atoms with Crippen molar-refractivity contribution < 1.29 is 31.7 Å². The molecule has 0 aliphatic rings. The summed E-state index contributed by atoms with van der Waals surface area (Å²) in [6, 6.07) is 15.6. The summed E-state index contributed by atoms with van der Waals surface area (Å²) in [5, 5.41) is 11.1. The zero-order chi connectivity index (χ0) is 26.9. The van der Waals surface area contributed by atoms with E-state index in [-0.39, 0.29) is 35.1 Å². The van der Waals surface area contributed by atoms with Crippen LogP contribution in [-0.4, -0.2) is 32.7 Å². The quantitative estimate of drug-likeness (QED) is 0.328. The number of aromatic nitrogens is 3. The van der Waals surface area contributed by atoms with E-state index in [0.29, 0.717) is 34.2 Å². The van der Waals surface area contributed by atoms with Gasteiger partial charge in [-0.05, 0) is 37.5 Å². The molecular weight excluding hydrogens is 508 g/mol. The molecule has 3 amide bonds. The van der Waals surface area contributed by atoms with E-state index in [2.05, 4.69) is 50.6 Å². The third-order valence-electron chi connectivity index (χ3n) is 3.69. The first-order chi connectivity index (χ1) is 17.1. The topological polar surface area (TPSA) is 132 Å². The molecule has 0 N–H and O–H groups in total. The van der Waals surface area contributed by atoms with Crippen molar-refractivity contribution in [2.24, 2.45) is 0 Å². The number of hydrogen-bond donors (Lipinski definition) is 0. The van der Waals surface area contributed by atoms with E-state index >= 15 is 0 Å². The van der Waals surface area contributed by atoms with E-state index in [9.17, 15) is 14.4 Å². The smallest absolute Gasteiger partial charge is 0.443 e. The number of pyridine rings is 3. The maximum atomic E-state index is 11.0. The number of carbonyl (C=O) groups excluding carboxylic acids is 3. The first-order valence-corrected chi connectivity index (χ1v) is 10.6. The Balaban J connectivity index is 0.000000518. The molecule has 3 aromatic heterocycles. The molecule has 0 atom stereocenters. The first kappa shape index (κ1) is 32.6. The van der Waals surface area contributed by atoms with Gasteiger partial charge in [-0.2, -0.15) is 0 Å². The van der Waals surface area contributed by atoms with Crippen LogP contribution in [0.15, 0.2) is 110 Å². The molecule has 0 aliphatic heterocycles. The minimum absolute atomic E-state index is 0. The molecule has 1 radical (unpaired) electrons. The predicted molar refractivity (Wildman–Crippen MR) is 141 cm³/mol. The van der Waals surface area contributed by atoms with Crippen molar-refractivity contribution in [2.75, 3.05) is 0 Å². The Labute approximate surface area is 228 Å². The third kappa shape index (κ3) is 14.6. The van der Waals surface area contributed by atoms with Crippen molar-refractivity contribution >= 4 is 35.2 Å². The maximum Gasteiger partial charge on any atom is 3.00 e. The Kier molecular flexibility index (Phi) is 15.8. The number of hydrogen-bond acceptors (Lipinski definition) is 6.